The second kappa shape index (κ2) is 5.17. The van der Waals surface area contributed by atoms with Crippen LogP contribution in [-0.4, -0.2) is 5.78 Å². The number of nitrogen functional groups attached to an aromatic ring is 1. The average Bonchev–Trinajstić information content (AvgIpc) is 2.48. The van der Waals surface area contributed by atoms with E-state index >= 15 is 0 Å². The summed E-state index contributed by atoms with van der Waals surface area (Å²) in [4.78, 5) is 12.3. The van der Waals surface area contributed by atoms with E-state index in [4.69, 9.17) is 5.73 Å². The summed E-state index contributed by atoms with van der Waals surface area (Å²) in [6.45, 7) is 0. The van der Waals surface area contributed by atoms with E-state index in [0.29, 0.717) is 17.7 Å². The molecule has 0 heterocycles. The predicted octanol–water partition coefficient (Wildman–Crippen LogP) is 3.85. The largest absolute Gasteiger partial charge is 0.399 e. The van der Waals surface area contributed by atoms with Crippen LogP contribution in [-0.2, 0) is 6.42 Å². The zero-order valence-electron chi connectivity index (χ0n) is 11.0. The second-order valence-corrected chi connectivity index (χ2v) is 4.86. The number of rotatable bonds is 3. The van der Waals surface area contributed by atoms with Crippen LogP contribution in [0.5, 0.6) is 0 Å². The van der Waals surface area contributed by atoms with Crippen LogP contribution < -0.4 is 5.73 Å². The van der Waals surface area contributed by atoms with Gasteiger partial charge in [0.1, 0.15) is 0 Å². The summed E-state index contributed by atoms with van der Waals surface area (Å²) in [5, 5.41) is 2.30. The van der Waals surface area contributed by atoms with E-state index in [0.717, 1.165) is 16.3 Å². The third kappa shape index (κ3) is 2.41. The highest BCUT2D eigenvalue weighted by Gasteiger charge is 2.09. The van der Waals surface area contributed by atoms with Gasteiger partial charge in [-0.3, -0.25) is 4.79 Å². The van der Waals surface area contributed by atoms with Gasteiger partial charge in [0, 0.05) is 17.7 Å². The third-order valence-electron chi connectivity index (χ3n) is 3.46. The van der Waals surface area contributed by atoms with E-state index in [-0.39, 0.29) is 5.78 Å². The van der Waals surface area contributed by atoms with Crippen molar-refractivity contribution in [1.29, 1.82) is 0 Å². The van der Waals surface area contributed by atoms with Crippen molar-refractivity contribution in [2.45, 2.75) is 6.42 Å². The fourth-order valence-electron chi connectivity index (χ4n) is 2.39. The first-order valence-electron chi connectivity index (χ1n) is 6.59. The molecule has 2 nitrogen and oxygen atoms in total. The number of anilines is 1. The van der Waals surface area contributed by atoms with Gasteiger partial charge < -0.3 is 5.73 Å². The lowest BCUT2D eigenvalue weighted by Crippen LogP contribution is -2.04. The summed E-state index contributed by atoms with van der Waals surface area (Å²) in [5.74, 6) is 0.112. The van der Waals surface area contributed by atoms with Crippen LogP contribution in [0.15, 0.2) is 66.7 Å². The Kier molecular flexibility index (Phi) is 3.21. The minimum atomic E-state index is 0.112. The molecule has 3 rings (SSSR count). The molecule has 3 aromatic carbocycles. The Bertz CT molecular complexity index is 754. The minimum Gasteiger partial charge on any atom is -0.399 e. The summed E-state index contributed by atoms with van der Waals surface area (Å²) in [7, 11) is 0. The number of carbonyl (C=O) groups is 1. The Hall–Kier alpha value is -2.61. The van der Waals surface area contributed by atoms with Gasteiger partial charge in [0.2, 0.25) is 0 Å². The molecule has 0 spiro atoms. The Labute approximate surface area is 117 Å². The smallest absolute Gasteiger partial charge is 0.167 e. The number of nitrogens with two attached hydrogens (primary N) is 1. The summed E-state index contributed by atoms with van der Waals surface area (Å²) >= 11 is 0. The van der Waals surface area contributed by atoms with Gasteiger partial charge in [0.05, 0.1) is 0 Å². The number of fused-ring (bicyclic) bond motifs is 1. The number of ketones is 1. The Morgan fingerprint density at radius 1 is 0.850 bits per heavy atom. The molecule has 98 valence electrons. The molecule has 2 heteroatoms. The molecule has 0 fully saturated rings. The van der Waals surface area contributed by atoms with Crippen molar-refractivity contribution in [3.8, 4) is 0 Å². The van der Waals surface area contributed by atoms with Crippen molar-refractivity contribution < 1.29 is 4.79 Å². The monoisotopic (exact) mass is 261 g/mol. The predicted molar refractivity (Wildman–Crippen MR) is 82.8 cm³/mol. The third-order valence-corrected chi connectivity index (χ3v) is 3.46. The average molecular weight is 261 g/mol. The lowest BCUT2D eigenvalue weighted by atomic mass is 9.98. The van der Waals surface area contributed by atoms with Crippen LogP contribution in [0.3, 0.4) is 0 Å². The van der Waals surface area contributed by atoms with Crippen molar-refractivity contribution in [3.05, 3.63) is 77.9 Å². The zero-order chi connectivity index (χ0) is 13.9. The maximum absolute atomic E-state index is 12.3. The summed E-state index contributed by atoms with van der Waals surface area (Å²) < 4.78 is 0. The highest BCUT2D eigenvalue weighted by molar-refractivity contribution is 6.00. The molecule has 2 N–H and O–H groups in total. The number of hydrogen-bond acceptors (Lipinski definition) is 2. The molecule has 20 heavy (non-hydrogen) atoms. The highest BCUT2D eigenvalue weighted by Crippen LogP contribution is 2.20. The summed E-state index contributed by atoms with van der Waals surface area (Å²) in [6, 6.07) is 21.3. The highest BCUT2D eigenvalue weighted by atomic mass is 16.1. The number of Topliss-reactive ketones (excluding diaryl/α,β-unsaturated/α-hetero) is 1. The first kappa shape index (κ1) is 12.4. The lowest BCUT2D eigenvalue weighted by molar-refractivity contribution is 0.0993. The molecular formula is C18H15NO. The van der Waals surface area contributed by atoms with Gasteiger partial charge in [-0.1, -0.05) is 42.5 Å². The number of benzene rings is 3. The topological polar surface area (TPSA) is 43.1 Å². The van der Waals surface area contributed by atoms with Crippen LogP contribution in [0.2, 0.25) is 0 Å². The maximum atomic E-state index is 12.3. The molecule has 0 saturated heterocycles. The van der Waals surface area contributed by atoms with Crippen molar-refractivity contribution in [3.63, 3.8) is 0 Å². The quantitative estimate of drug-likeness (QED) is 0.575. The lowest BCUT2D eigenvalue weighted by Gasteiger charge is -2.06. The molecule has 0 saturated carbocycles. The number of hydrogen-bond donors (Lipinski definition) is 1. The van der Waals surface area contributed by atoms with Gasteiger partial charge in [0.15, 0.2) is 5.78 Å². The van der Waals surface area contributed by atoms with Crippen molar-refractivity contribution in [2.24, 2.45) is 0 Å². The van der Waals surface area contributed by atoms with Crippen LogP contribution in [0.4, 0.5) is 5.69 Å². The minimum absolute atomic E-state index is 0.112. The normalized spacial score (nSPS) is 10.6. The fraction of sp³-hybridized carbons (Fsp3) is 0.0556. The van der Waals surface area contributed by atoms with Gasteiger partial charge in [-0.05, 0) is 40.6 Å². The van der Waals surface area contributed by atoms with E-state index in [9.17, 15) is 4.79 Å². The van der Waals surface area contributed by atoms with Crippen LogP contribution in [0.1, 0.15) is 15.9 Å². The van der Waals surface area contributed by atoms with E-state index < -0.39 is 0 Å². The number of carbonyl (C=O) groups excluding carboxylic acids is 1. The molecule has 0 radical (unpaired) electrons. The van der Waals surface area contributed by atoms with Gasteiger partial charge in [0.25, 0.3) is 0 Å². The molecule has 0 aliphatic carbocycles. The summed E-state index contributed by atoms with van der Waals surface area (Å²) in [5.41, 5.74) is 8.08. The Balaban J connectivity index is 1.93. The zero-order valence-corrected chi connectivity index (χ0v) is 11.0. The molecule has 0 amide bonds. The summed E-state index contributed by atoms with van der Waals surface area (Å²) in [6.07, 6.45) is 0.408. The van der Waals surface area contributed by atoms with Crippen molar-refractivity contribution in [2.75, 3.05) is 5.73 Å². The maximum Gasteiger partial charge on any atom is 0.167 e. The fourth-order valence-corrected chi connectivity index (χ4v) is 2.39. The van der Waals surface area contributed by atoms with E-state index in [1.807, 2.05) is 24.3 Å². The SMILES string of the molecule is Nc1ccc(C(=O)Cc2cccc3ccccc23)cc1. The first-order valence-corrected chi connectivity index (χ1v) is 6.59. The molecular weight excluding hydrogens is 246 g/mol. The van der Waals surface area contributed by atoms with Gasteiger partial charge in [-0.2, -0.15) is 0 Å². The first-order chi connectivity index (χ1) is 9.74. The van der Waals surface area contributed by atoms with Gasteiger partial charge in [-0.15, -0.1) is 0 Å². The van der Waals surface area contributed by atoms with Gasteiger partial charge >= 0.3 is 0 Å². The van der Waals surface area contributed by atoms with E-state index in [2.05, 4.69) is 18.2 Å². The van der Waals surface area contributed by atoms with Crippen molar-refractivity contribution >= 4 is 22.2 Å². The molecule has 0 aliphatic heterocycles. The molecule has 0 atom stereocenters. The second-order valence-electron chi connectivity index (χ2n) is 4.86. The van der Waals surface area contributed by atoms with Crippen LogP contribution >= 0.6 is 0 Å². The van der Waals surface area contributed by atoms with E-state index in [1.165, 1.54) is 0 Å². The van der Waals surface area contributed by atoms with Crippen LogP contribution in [0.25, 0.3) is 10.8 Å². The van der Waals surface area contributed by atoms with E-state index in [1.54, 1.807) is 24.3 Å². The van der Waals surface area contributed by atoms with Gasteiger partial charge in [-0.25, -0.2) is 0 Å². The Morgan fingerprint density at radius 2 is 1.55 bits per heavy atom. The van der Waals surface area contributed by atoms with Crippen LogP contribution in [0, 0.1) is 0 Å². The van der Waals surface area contributed by atoms with Crippen molar-refractivity contribution in [1.82, 2.24) is 0 Å². The molecule has 0 bridgehead atoms. The Morgan fingerprint density at radius 3 is 2.35 bits per heavy atom. The molecule has 0 aromatic heterocycles. The standard InChI is InChI=1S/C18H15NO/c19-16-10-8-14(9-11-16)18(20)12-15-6-3-5-13-4-1-2-7-17(13)15/h1-11H,12,19H2. The molecule has 3 aromatic rings. The molecule has 0 aliphatic rings. The molecule has 0 unspecified atom stereocenters.